The maximum Gasteiger partial charge on any atom is 0.244 e. The first kappa shape index (κ1) is 13.9. The minimum absolute atomic E-state index is 0.242. The first-order valence-corrected chi connectivity index (χ1v) is 5.89. The minimum atomic E-state index is -0.597. The summed E-state index contributed by atoms with van der Waals surface area (Å²) in [6, 6.07) is 6.25. The highest BCUT2D eigenvalue weighted by molar-refractivity contribution is 6.30. The molecule has 1 amide bonds. The Balaban J connectivity index is 2.60. The van der Waals surface area contributed by atoms with Crippen molar-refractivity contribution < 1.29 is 15.0 Å². The van der Waals surface area contributed by atoms with Crippen LogP contribution in [0.5, 0.6) is 11.8 Å². The van der Waals surface area contributed by atoms with Crippen LogP contribution in [0, 0.1) is 0 Å². The molecule has 7 nitrogen and oxygen atoms in total. The summed E-state index contributed by atoms with van der Waals surface area (Å²) in [6.45, 7) is 1.27. The molecular weight excluding hydrogens is 284 g/mol. The van der Waals surface area contributed by atoms with Crippen molar-refractivity contribution in [3.63, 3.8) is 0 Å². The van der Waals surface area contributed by atoms with E-state index in [4.69, 9.17) is 17.3 Å². The van der Waals surface area contributed by atoms with Gasteiger partial charge in [0, 0.05) is 17.6 Å². The Bertz CT molecular complexity index is 637. The van der Waals surface area contributed by atoms with Crippen LogP contribution in [0.1, 0.15) is 6.92 Å². The zero-order valence-corrected chi connectivity index (χ0v) is 11.2. The molecule has 0 aliphatic carbocycles. The first-order chi connectivity index (χ1) is 9.40. The molecule has 2 aromatic rings. The van der Waals surface area contributed by atoms with Gasteiger partial charge in [0.05, 0.1) is 0 Å². The second-order valence-corrected chi connectivity index (χ2v) is 4.34. The van der Waals surface area contributed by atoms with E-state index in [1.54, 1.807) is 24.3 Å². The van der Waals surface area contributed by atoms with Crippen molar-refractivity contribution in [3.8, 4) is 11.8 Å². The van der Waals surface area contributed by atoms with Crippen LogP contribution in [0.3, 0.4) is 0 Å². The number of aromatic hydroxyl groups is 2. The van der Waals surface area contributed by atoms with Gasteiger partial charge in [-0.05, 0) is 24.3 Å². The van der Waals surface area contributed by atoms with Crippen molar-refractivity contribution in [2.45, 2.75) is 6.92 Å². The average Bonchev–Trinajstić information content (AvgIpc) is 2.34. The molecule has 0 unspecified atom stereocenters. The van der Waals surface area contributed by atoms with E-state index in [1.165, 1.54) is 6.92 Å². The molecule has 0 aliphatic heterocycles. The molecule has 0 saturated carbocycles. The maximum absolute atomic E-state index is 11.8. The van der Waals surface area contributed by atoms with Gasteiger partial charge < -0.3 is 15.9 Å². The van der Waals surface area contributed by atoms with E-state index >= 15 is 0 Å². The number of rotatable bonds is 2. The fraction of sp³-hybridized carbons (Fsp3) is 0.0833. The van der Waals surface area contributed by atoms with Crippen LogP contribution in [0.15, 0.2) is 24.3 Å². The maximum atomic E-state index is 11.8. The molecule has 0 fully saturated rings. The summed E-state index contributed by atoms with van der Waals surface area (Å²) in [5.41, 5.74) is 5.45. The number of hydrogen-bond donors (Lipinski definition) is 3. The molecule has 1 aromatic carbocycles. The lowest BCUT2D eigenvalue weighted by molar-refractivity contribution is -0.115. The Hall–Kier alpha value is -2.54. The van der Waals surface area contributed by atoms with Crippen molar-refractivity contribution in [3.05, 3.63) is 29.3 Å². The first-order valence-electron chi connectivity index (χ1n) is 5.52. The summed E-state index contributed by atoms with van der Waals surface area (Å²) in [5, 5.41) is 20.1. The molecule has 4 N–H and O–H groups in total. The predicted molar refractivity (Wildman–Crippen MR) is 74.0 cm³/mol. The monoisotopic (exact) mass is 294 g/mol. The number of benzene rings is 1. The summed E-state index contributed by atoms with van der Waals surface area (Å²) in [4.78, 5) is 19.9. The van der Waals surface area contributed by atoms with E-state index in [2.05, 4.69) is 9.97 Å². The molecule has 8 heteroatoms. The van der Waals surface area contributed by atoms with E-state index in [9.17, 15) is 15.0 Å². The molecule has 0 bridgehead atoms. The quantitative estimate of drug-likeness (QED) is 0.778. The van der Waals surface area contributed by atoms with Gasteiger partial charge in [-0.15, -0.1) is 0 Å². The second kappa shape index (κ2) is 5.22. The third-order valence-corrected chi connectivity index (χ3v) is 2.74. The van der Waals surface area contributed by atoms with Crippen LogP contribution in [-0.4, -0.2) is 26.1 Å². The van der Waals surface area contributed by atoms with Crippen molar-refractivity contribution in [2.24, 2.45) is 0 Å². The number of hydrogen-bond acceptors (Lipinski definition) is 6. The number of aromatic nitrogens is 2. The van der Waals surface area contributed by atoms with Crippen LogP contribution >= 0.6 is 11.6 Å². The highest BCUT2D eigenvalue weighted by Crippen LogP contribution is 2.38. The van der Waals surface area contributed by atoms with Gasteiger partial charge in [-0.1, -0.05) is 11.6 Å². The Morgan fingerprint density at radius 1 is 1.20 bits per heavy atom. The van der Waals surface area contributed by atoms with Crippen molar-refractivity contribution in [2.75, 3.05) is 10.6 Å². The lowest BCUT2D eigenvalue weighted by atomic mass is 10.2. The Morgan fingerprint density at radius 2 is 1.70 bits per heavy atom. The summed E-state index contributed by atoms with van der Waals surface area (Å²) in [6.07, 6.45) is 0. The molecule has 1 heterocycles. The van der Waals surface area contributed by atoms with Crippen molar-refractivity contribution >= 4 is 34.8 Å². The van der Waals surface area contributed by atoms with E-state index in [0.717, 1.165) is 4.90 Å². The molecule has 0 spiro atoms. The molecule has 20 heavy (non-hydrogen) atoms. The molecule has 0 aliphatic rings. The molecule has 0 atom stereocenters. The van der Waals surface area contributed by atoms with E-state index in [1.807, 2.05) is 0 Å². The average molecular weight is 295 g/mol. The number of halogens is 1. The van der Waals surface area contributed by atoms with E-state index < -0.39 is 17.7 Å². The van der Waals surface area contributed by atoms with Gasteiger partial charge in [0.15, 0.2) is 5.69 Å². The number of nitrogens with two attached hydrogens (primary N) is 1. The third kappa shape index (κ3) is 2.57. The van der Waals surface area contributed by atoms with Gasteiger partial charge in [0.2, 0.25) is 23.6 Å². The summed E-state index contributed by atoms with van der Waals surface area (Å²) in [7, 11) is 0. The summed E-state index contributed by atoms with van der Waals surface area (Å²) >= 11 is 5.78. The number of carbonyl (C=O) groups excluding carboxylic acids is 1. The highest BCUT2D eigenvalue weighted by atomic mass is 35.5. The molecule has 1 aromatic heterocycles. The van der Waals surface area contributed by atoms with E-state index in [0.29, 0.717) is 10.7 Å². The van der Waals surface area contributed by atoms with Crippen LogP contribution in [0.2, 0.25) is 5.02 Å². The zero-order valence-electron chi connectivity index (χ0n) is 10.4. The second-order valence-electron chi connectivity index (χ2n) is 3.91. The van der Waals surface area contributed by atoms with E-state index in [-0.39, 0.29) is 11.6 Å². The van der Waals surface area contributed by atoms with Gasteiger partial charge in [-0.3, -0.25) is 9.69 Å². The lowest BCUT2D eigenvalue weighted by Crippen LogP contribution is -2.23. The van der Waals surface area contributed by atoms with Crippen LogP contribution in [0.25, 0.3) is 0 Å². The normalized spacial score (nSPS) is 10.3. The molecule has 0 radical (unpaired) electrons. The summed E-state index contributed by atoms with van der Waals surface area (Å²) < 4.78 is 0. The SMILES string of the molecule is CC(=O)N(c1ccc(Cl)cc1)c1c(O)nc(N)nc1O. The Morgan fingerprint density at radius 3 is 2.15 bits per heavy atom. The molecule has 0 saturated heterocycles. The highest BCUT2D eigenvalue weighted by Gasteiger charge is 2.24. The number of amides is 1. The van der Waals surface area contributed by atoms with Crippen LogP contribution < -0.4 is 10.6 Å². The topological polar surface area (TPSA) is 113 Å². The fourth-order valence-corrected chi connectivity index (χ4v) is 1.83. The number of anilines is 3. The fourth-order valence-electron chi connectivity index (χ4n) is 1.71. The number of nitrogens with zero attached hydrogens (tertiary/aromatic N) is 3. The smallest absolute Gasteiger partial charge is 0.244 e. The van der Waals surface area contributed by atoms with Gasteiger partial charge in [0.1, 0.15) is 0 Å². The standard InChI is InChI=1S/C12H11ClN4O3/c1-6(18)17(8-4-2-7(13)3-5-8)9-10(19)15-12(14)16-11(9)20/h2-5H,1H3,(H4,14,15,16,19,20). The number of nitrogen functional groups attached to an aromatic ring is 1. The zero-order chi connectivity index (χ0) is 14.9. The predicted octanol–water partition coefficient (Wildman–Crippen LogP) is 1.81. The Labute approximate surface area is 119 Å². The van der Waals surface area contributed by atoms with Gasteiger partial charge in [-0.25, -0.2) is 0 Å². The van der Waals surface area contributed by atoms with Crippen molar-refractivity contribution in [1.29, 1.82) is 0 Å². The third-order valence-electron chi connectivity index (χ3n) is 2.49. The number of carbonyl (C=O) groups is 1. The van der Waals surface area contributed by atoms with Gasteiger partial charge in [0.25, 0.3) is 0 Å². The van der Waals surface area contributed by atoms with Gasteiger partial charge in [-0.2, -0.15) is 9.97 Å². The Kier molecular flexibility index (Phi) is 3.62. The minimum Gasteiger partial charge on any atom is -0.492 e. The van der Waals surface area contributed by atoms with Crippen LogP contribution in [-0.2, 0) is 4.79 Å². The lowest BCUT2D eigenvalue weighted by Gasteiger charge is -2.22. The summed E-state index contributed by atoms with van der Waals surface area (Å²) in [5.74, 6) is -1.95. The van der Waals surface area contributed by atoms with Crippen molar-refractivity contribution in [1.82, 2.24) is 9.97 Å². The molecular formula is C12H11ClN4O3. The molecule has 2 rings (SSSR count). The van der Waals surface area contributed by atoms with Crippen LogP contribution in [0.4, 0.5) is 17.3 Å². The largest absolute Gasteiger partial charge is 0.492 e. The molecule has 104 valence electrons. The van der Waals surface area contributed by atoms with Gasteiger partial charge >= 0.3 is 0 Å².